The summed E-state index contributed by atoms with van der Waals surface area (Å²) in [7, 11) is -3.52. The second-order valence-corrected chi connectivity index (χ2v) is 10.6. The van der Waals surface area contributed by atoms with E-state index in [2.05, 4.69) is 24.1 Å². The monoisotopic (exact) mass is 439 g/mol. The van der Waals surface area contributed by atoms with Crippen LogP contribution in [0, 0.1) is 11.8 Å². The van der Waals surface area contributed by atoms with Crippen molar-refractivity contribution in [3.63, 3.8) is 0 Å². The minimum absolute atomic E-state index is 0.0976. The van der Waals surface area contributed by atoms with Crippen molar-refractivity contribution in [3.8, 4) is 0 Å². The summed E-state index contributed by atoms with van der Waals surface area (Å²) in [5, 5.41) is 4.00. The molecule has 1 amide bonds. The van der Waals surface area contributed by atoms with Gasteiger partial charge in [0.05, 0.1) is 4.90 Å². The fraction of sp³-hybridized carbons (Fsp3) is 0.375. The van der Waals surface area contributed by atoms with Gasteiger partial charge in [0.15, 0.2) is 0 Å². The van der Waals surface area contributed by atoms with E-state index in [1.165, 1.54) is 0 Å². The van der Waals surface area contributed by atoms with E-state index >= 15 is 0 Å². The molecule has 1 aliphatic rings. The van der Waals surface area contributed by atoms with Gasteiger partial charge in [-0.3, -0.25) is 4.79 Å². The van der Waals surface area contributed by atoms with Crippen LogP contribution in [0.15, 0.2) is 59.6 Å². The first kappa shape index (κ1) is 21.6. The van der Waals surface area contributed by atoms with E-state index in [1.807, 2.05) is 30.5 Å². The van der Waals surface area contributed by atoms with E-state index < -0.39 is 10.0 Å². The van der Waals surface area contributed by atoms with Gasteiger partial charge in [-0.25, -0.2) is 8.42 Å². The molecule has 0 saturated carbocycles. The maximum Gasteiger partial charge on any atom is 0.243 e. The Morgan fingerprint density at radius 3 is 2.45 bits per heavy atom. The number of rotatable bonds is 6. The number of para-hydroxylation sites is 1. The SMILES string of the molecule is CC1CC(C)CN(S(=O)(=O)c2ccc(NC(=O)CCc3c[nH]c4ccccc34)cc2)C1. The number of nitrogens with one attached hydrogen (secondary N) is 2. The molecule has 2 aromatic carbocycles. The van der Waals surface area contributed by atoms with Gasteiger partial charge in [-0.1, -0.05) is 32.0 Å². The van der Waals surface area contributed by atoms with Crippen LogP contribution in [0.5, 0.6) is 0 Å². The molecule has 1 saturated heterocycles. The number of hydrogen-bond donors (Lipinski definition) is 2. The van der Waals surface area contributed by atoms with E-state index in [4.69, 9.17) is 0 Å². The standard InChI is InChI=1S/C24H29N3O3S/c1-17-13-18(2)16-27(15-17)31(29,30)21-10-8-20(9-11-21)26-24(28)12-7-19-14-25-23-6-4-3-5-22(19)23/h3-6,8-11,14,17-18,25H,7,12-13,15-16H2,1-2H3,(H,26,28). The zero-order valence-electron chi connectivity index (χ0n) is 18.0. The van der Waals surface area contributed by atoms with Crippen LogP contribution in [0.3, 0.4) is 0 Å². The largest absolute Gasteiger partial charge is 0.361 e. The van der Waals surface area contributed by atoms with Crippen LogP contribution in [0.2, 0.25) is 0 Å². The number of carbonyl (C=O) groups is 1. The Hall–Kier alpha value is -2.64. The predicted octanol–water partition coefficient (Wildman–Crippen LogP) is 4.41. The highest BCUT2D eigenvalue weighted by Crippen LogP contribution is 2.27. The van der Waals surface area contributed by atoms with Crippen molar-refractivity contribution in [3.05, 3.63) is 60.3 Å². The van der Waals surface area contributed by atoms with Gasteiger partial charge in [-0.15, -0.1) is 0 Å². The lowest BCUT2D eigenvalue weighted by Gasteiger charge is -2.34. The van der Waals surface area contributed by atoms with E-state index in [0.717, 1.165) is 22.9 Å². The lowest BCUT2D eigenvalue weighted by molar-refractivity contribution is -0.116. The van der Waals surface area contributed by atoms with Crippen LogP contribution < -0.4 is 5.32 Å². The normalized spacial score (nSPS) is 20.1. The summed E-state index contributed by atoms with van der Waals surface area (Å²) in [6.07, 6.45) is 3.98. The second-order valence-electron chi connectivity index (χ2n) is 8.70. The maximum absolute atomic E-state index is 13.0. The third kappa shape index (κ3) is 4.83. The molecule has 3 aromatic rings. The van der Waals surface area contributed by atoms with Crippen LogP contribution in [-0.2, 0) is 21.2 Å². The van der Waals surface area contributed by atoms with Crippen molar-refractivity contribution >= 4 is 32.5 Å². The highest BCUT2D eigenvalue weighted by atomic mass is 32.2. The minimum Gasteiger partial charge on any atom is -0.361 e. The number of aromatic amines is 1. The number of aromatic nitrogens is 1. The van der Waals surface area contributed by atoms with Crippen LogP contribution in [0.1, 0.15) is 32.3 Å². The summed E-state index contributed by atoms with van der Waals surface area (Å²) in [6, 6.07) is 14.5. The van der Waals surface area contributed by atoms with Gasteiger partial charge in [0.2, 0.25) is 15.9 Å². The highest BCUT2D eigenvalue weighted by Gasteiger charge is 2.31. The first-order valence-corrected chi connectivity index (χ1v) is 12.2. The molecule has 2 heterocycles. The number of piperidine rings is 1. The van der Waals surface area contributed by atoms with Crippen LogP contribution in [0.4, 0.5) is 5.69 Å². The molecule has 0 radical (unpaired) electrons. The van der Waals surface area contributed by atoms with Gasteiger partial charge in [-0.05, 0) is 60.6 Å². The summed E-state index contributed by atoms with van der Waals surface area (Å²) >= 11 is 0. The van der Waals surface area contributed by atoms with E-state index in [-0.39, 0.29) is 10.8 Å². The van der Waals surface area contributed by atoms with Crippen molar-refractivity contribution in [2.75, 3.05) is 18.4 Å². The van der Waals surface area contributed by atoms with E-state index in [1.54, 1.807) is 28.6 Å². The fourth-order valence-corrected chi connectivity index (χ4v) is 6.15. The summed E-state index contributed by atoms with van der Waals surface area (Å²) in [4.78, 5) is 15.9. The van der Waals surface area contributed by atoms with Gasteiger partial charge in [0.25, 0.3) is 0 Å². The summed E-state index contributed by atoms with van der Waals surface area (Å²) in [5.41, 5.74) is 2.77. The van der Waals surface area contributed by atoms with Gasteiger partial charge < -0.3 is 10.3 Å². The zero-order valence-corrected chi connectivity index (χ0v) is 18.8. The fourth-order valence-electron chi connectivity index (χ4n) is 4.47. The molecule has 2 unspecified atom stereocenters. The summed E-state index contributed by atoms with van der Waals surface area (Å²) in [5.74, 6) is 0.614. The highest BCUT2D eigenvalue weighted by molar-refractivity contribution is 7.89. The quantitative estimate of drug-likeness (QED) is 0.597. The molecule has 1 aromatic heterocycles. The molecule has 0 bridgehead atoms. The van der Waals surface area contributed by atoms with Crippen molar-refractivity contribution in [2.24, 2.45) is 11.8 Å². The van der Waals surface area contributed by atoms with Gasteiger partial charge in [-0.2, -0.15) is 4.31 Å². The first-order chi connectivity index (χ1) is 14.8. The molecule has 0 spiro atoms. The Bertz CT molecular complexity index is 1160. The Morgan fingerprint density at radius 2 is 1.74 bits per heavy atom. The van der Waals surface area contributed by atoms with Crippen molar-refractivity contribution < 1.29 is 13.2 Å². The summed E-state index contributed by atoms with van der Waals surface area (Å²) in [6.45, 7) is 5.29. The molecular formula is C24H29N3O3S. The van der Waals surface area contributed by atoms with Gasteiger partial charge >= 0.3 is 0 Å². The number of nitrogens with zero attached hydrogens (tertiary/aromatic N) is 1. The van der Waals surface area contributed by atoms with Gasteiger partial charge in [0.1, 0.15) is 0 Å². The third-order valence-electron chi connectivity index (χ3n) is 5.91. The molecule has 1 aliphatic heterocycles. The number of benzene rings is 2. The van der Waals surface area contributed by atoms with Crippen LogP contribution in [-0.4, -0.2) is 36.7 Å². The first-order valence-electron chi connectivity index (χ1n) is 10.8. The zero-order chi connectivity index (χ0) is 22.0. The second kappa shape index (κ2) is 8.85. The minimum atomic E-state index is -3.52. The molecule has 0 aliphatic carbocycles. The number of aryl methyl sites for hydroxylation is 1. The Kier molecular flexibility index (Phi) is 6.16. The molecule has 2 N–H and O–H groups in total. The van der Waals surface area contributed by atoms with Crippen LogP contribution in [0.25, 0.3) is 10.9 Å². The number of anilines is 1. The van der Waals surface area contributed by atoms with Crippen molar-refractivity contribution in [1.29, 1.82) is 0 Å². The molecular weight excluding hydrogens is 410 g/mol. The number of hydrogen-bond acceptors (Lipinski definition) is 3. The van der Waals surface area contributed by atoms with Crippen molar-refractivity contribution in [1.82, 2.24) is 9.29 Å². The Balaban J connectivity index is 1.37. The number of carbonyl (C=O) groups excluding carboxylic acids is 1. The van der Waals surface area contributed by atoms with E-state index in [0.29, 0.717) is 43.5 Å². The van der Waals surface area contributed by atoms with Gasteiger partial charge in [0, 0.05) is 42.3 Å². The van der Waals surface area contributed by atoms with E-state index in [9.17, 15) is 13.2 Å². The summed E-state index contributed by atoms with van der Waals surface area (Å²) < 4.78 is 27.6. The third-order valence-corrected chi connectivity index (χ3v) is 7.75. The topological polar surface area (TPSA) is 82.3 Å². The molecule has 31 heavy (non-hydrogen) atoms. The molecule has 164 valence electrons. The Morgan fingerprint density at radius 1 is 1.06 bits per heavy atom. The number of H-pyrrole nitrogens is 1. The number of amides is 1. The number of fused-ring (bicyclic) bond motifs is 1. The average Bonchev–Trinajstić information content (AvgIpc) is 3.15. The molecule has 7 heteroatoms. The lowest BCUT2D eigenvalue weighted by Crippen LogP contribution is -2.42. The molecule has 4 rings (SSSR count). The van der Waals surface area contributed by atoms with Crippen molar-refractivity contribution in [2.45, 2.75) is 38.0 Å². The Labute approximate surface area is 183 Å². The van der Waals surface area contributed by atoms with Crippen LogP contribution >= 0.6 is 0 Å². The number of sulfonamides is 1. The molecule has 6 nitrogen and oxygen atoms in total. The lowest BCUT2D eigenvalue weighted by atomic mass is 9.94. The smallest absolute Gasteiger partial charge is 0.243 e. The average molecular weight is 440 g/mol. The molecule has 1 fully saturated rings. The maximum atomic E-state index is 13.0. The molecule has 2 atom stereocenters. The predicted molar refractivity (Wildman–Crippen MR) is 123 cm³/mol.